The van der Waals surface area contributed by atoms with Crippen molar-refractivity contribution in [2.24, 2.45) is 7.05 Å². The highest BCUT2D eigenvalue weighted by Gasteiger charge is 2.25. The normalized spacial score (nSPS) is 18.4. The molecule has 3 heteroatoms. The van der Waals surface area contributed by atoms with Crippen LogP contribution in [0, 0.1) is 0 Å². The highest BCUT2D eigenvalue weighted by atomic mass is 32.1. The number of allylic oxidation sites excluding steroid dienone is 4. The lowest BCUT2D eigenvalue weighted by atomic mass is 9.89. The van der Waals surface area contributed by atoms with E-state index in [0.29, 0.717) is 0 Å². The highest BCUT2D eigenvalue weighted by Crippen LogP contribution is 2.40. The maximum absolute atomic E-state index is 6.33. The zero-order valence-corrected chi connectivity index (χ0v) is 16.3. The van der Waals surface area contributed by atoms with E-state index in [-0.39, 0.29) is 0 Å². The second-order valence-corrected chi connectivity index (χ2v) is 8.21. The first-order chi connectivity index (χ1) is 13.3. The van der Waals surface area contributed by atoms with Gasteiger partial charge in [0.05, 0.1) is 0 Å². The van der Waals surface area contributed by atoms with Crippen molar-refractivity contribution in [2.75, 3.05) is 0 Å². The smallest absolute Gasteiger partial charge is 0.263 e. The monoisotopic (exact) mass is 372 g/mol. The fraction of sp³-hybridized carbons (Fsp3) is 0.208. The Morgan fingerprint density at radius 2 is 1.74 bits per heavy atom. The Morgan fingerprint density at radius 1 is 0.963 bits per heavy atom. The standard InChI is InChI=1S/C24H22NOS/c1-25-20-12-6-8-14-23(20)27-24(25)16-18-15-22(17-9-3-2-4-10-17)26-21-13-7-5-11-19(18)21/h2-4,6,8-10,12,14-16H,5,7,11,13H2,1H3/q+1/b18-16+. The molecule has 0 saturated heterocycles. The van der Waals surface area contributed by atoms with E-state index in [9.17, 15) is 0 Å². The van der Waals surface area contributed by atoms with Crippen LogP contribution < -0.4 is 4.57 Å². The van der Waals surface area contributed by atoms with Crippen LogP contribution >= 0.6 is 11.3 Å². The summed E-state index contributed by atoms with van der Waals surface area (Å²) in [7, 11) is 2.16. The zero-order chi connectivity index (χ0) is 18.2. The van der Waals surface area contributed by atoms with E-state index in [2.05, 4.69) is 72.3 Å². The van der Waals surface area contributed by atoms with Crippen LogP contribution in [-0.4, -0.2) is 0 Å². The summed E-state index contributed by atoms with van der Waals surface area (Å²) in [6.45, 7) is 0. The lowest BCUT2D eigenvalue weighted by Crippen LogP contribution is -2.29. The number of fused-ring (bicyclic) bond motifs is 1. The van der Waals surface area contributed by atoms with Gasteiger partial charge in [0.1, 0.15) is 23.3 Å². The summed E-state index contributed by atoms with van der Waals surface area (Å²) in [5.41, 5.74) is 5.11. The number of aryl methyl sites for hydroxylation is 1. The summed E-state index contributed by atoms with van der Waals surface area (Å²) in [4.78, 5) is 0. The van der Waals surface area contributed by atoms with Gasteiger partial charge in [0.15, 0.2) is 0 Å². The van der Waals surface area contributed by atoms with Crippen LogP contribution in [0.2, 0.25) is 0 Å². The molecule has 0 unspecified atom stereocenters. The van der Waals surface area contributed by atoms with Crippen molar-refractivity contribution in [3.63, 3.8) is 0 Å². The van der Waals surface area contributed by atoms with Gasteiger partial charge in [-0.2, -0.15) is 4.57 Å². The fourth-order valence-corrected chi connectivity index (χ4v) is 5.04. The molecule has 0 N–H and O–H groups in total. The number of thiazole rings is 1. The van der Waals surface area contributed by atoms with Crippen LogP contribution in [-0.2, 0) is 11.8 Å². The number of aromatic nitrogens is 1. The molecule has 134 valence electrons. The van der Waals surface area contributed by atoms with Crippen molar-refractivity contribution < 1.29 is 9.30 Å². The summed E-state index contributed by atoms with van der Waals surface area (Å²) in [6, 6.07) is 19.0. The SMILES string of the molecule is C[n+]1c(/C=C2\C=C(c3ccccc3)OC3=C2CCCC3)sc2ccccc21. The van der Waals surface area contributed by atoms with Gasteiger partial charge < -0.3 is 4.74 Å². The van der Waals surface area contributed by atoms with E-state index in [1.54, 1.807) is 0 Å². The number of hydrogen-bond donors (Lipinski definition) is 0. The van der Waals surface area contributed by atoms with E-state index >= 15 is 0 Å². The van der Waals surface area contributed by atoms with Crippen LogP contribution in [0.3, 0.4) is 0 Å². The summed E-state index contributed by atoms with van der Waals surface area (Å²) in [6.07, 6.45) is 9.17. The summed E-state index contributed by atoms with van der Waals surface area (Å²) in [5.74, 6) is 2.13. The average Bonchev–Trinajstić information content (AvgIpc) is 3.04. The minimum atomic E-state index is 0.964. The molecule has 3 aromatic rings. The van der Waals surface area contributed by atoms with Crippen molar-refractivity contribution in [3.8, 4) is 0 Å². The lowest BCUT2D eigenvalue weighted by molar-refractivity contribution is -0.642. The first-order valence-corrected chi connectivity index (χ1v) is 10.4. The Bertz CT molecular complexity index is 1100. The molecular formula is C24H22NOS+. The van der Waals surface area contributed by atoms with Gasteiger partial charge in [-0.3, -0.25) is 0 Å². The Labute approximate surface area is 163 Å². The third-order valence-electron chi connectivity index (χ3n) is 5.39. The second-order valence-electron chi connectivity index (χ2n) is 7.15. The molecule has 2 aromatic carbocycles. The van der Waals surface area contributed by atoms with Gasteiger partial charge >= 0.3 is 0 Å². The Hall–Kier alpha value is -2.65. The van der Waals surface area contributed by atoms with Crippen molar-refractivity contribution in [1.82, 2.24) is 0 Å². The maximum Gasteiger partial charge on any atom is 0.263 e. The van der Waals surface area contributed by atoms with Crippen molar-refractivity contribution >= 4 is 33.4 Å². The van der Waals surface area contributed by atoms with Gasteiger partial charge in [0, 0.05) is 24.1 Å². The van der Waals surface area contributed by atoms with E-state index in [0.717, 1.165) is 29.9 Å². The molecule has 1 aromatic heterocycles. The average molecular weight is 373 g/mol. The summed E-state index contributed by atoms with van der Waals surface area (Å²) < 4.78 is 9.95. The molecular weight excluding hydrogens is 350 g/mol. The molecule has 0 saturated carbocycles. The van der Waals surface area contributed by atoms with E-state index in [4.69, 9.17) is 4.74 Å². The number of para-hydroxylation sites is 1. The van der Waals surface area contributed by atoms with Gasteiger partial charge in [-0.25, -0.2) is 0 Å². The fourth-order valence-electron chi connectivity index (χ4n) is 3.94. The Morgan fingerprint density at radius 3 is 2.59 bits per heavy atom. The Kier molecular flexibility index (Phi) is 4.17. The molecule has 0 fully saturated rings. The van der Waals surface area contributed by atoms with Gasteiger partial charge in [-0.15, -0.1) is 0 Å². The molecule has 2 heterocycles. The van der Waals surface area contributed by atoms with E-state index in [1.165, 1.54) is 39.2 Å². The first kappa shape index (κ1) is 16.5. The van der Waals surface area contributed by atoms with Crippen molar-refractivity contribution in [1.29, 1.82) is 0 Å². The molecule has 0 atom stereocenters. The van der Waals surface area contributed by atoms with Crippen molar-refractivity contribution in [3.05, 3.63) is 88.1 Å². The third-order valence-corrected chi connectivity index (χ3v) is 6.56. The Balaban J connectivity index is 1.65. The molecule has 1 aliphatic carbocycles. The van der Waals surface area contributed by atoms with Crippen LogP contribution in [0.5, 0.6) is 0 Å². The lowest BCUT2D eigenvalue weighted by Gasteiger charge is -2.27. The third kappa shape index (κ3) is 3.02. The number of hydrogen-bond acceptors (Lipinski definition) is 2. The molecule has 5 rings (SSSR count). The molecule has 27 heavy (non-hydrogen) atoms. The number of nitrogens with zero attached hydrogens (tertiary/aromatic N) is 1. The van der Waals surface area contributed by atoms with Crippen LogP contribution in [0.4, 0.5) is 0 Å². The van der Waals surface area contributed by atoms with Crippen LogP contribution in [0.25, 0.3) is 22.1 Å². The predicted octanol–water partition coefficient (Wildman–Crippen LogP) is 6.01. The largest absolute Gasteiger partial charge is 0.461 e. The van der Waals surface area contributed by atoms with Crippen molar-refractivity contribution in [2.45, 2.75) is 25.7 Å². The zero-order valence-electron chi connectivity index (χ0n) is 15.4. The first-order valence-electron chi connectivity index (χ1n) is 9.56. The number of ether oxygens (including phenoxy) is 1. The van der Waals surface area contributed by atoms with E-state index < -0.39 is 0 Å². The summed E-state index contributed by atoms with van der Waals surface area (Å²) in [5, 5.41) is 1.27. The topological polar surface area (TPSA) is 13.1 Å². The van der Waals surface area contributed by atoms with Gasteiger partial charge in [-0.1, -0.05) is 53.8 Å². The van der Waals surface area contributed by atoms with Crippen LogP contribution in [0.15, 0.2) is 77.6 Å². The van der Waals surface area contributed by atoms with Crippen LogP contribution in [0.1, 0.15) is 36.3 Å². The molecule has 0 amide bonds. The van der Waals surface area contributed by atoms with Gasteiger partial charge in [0.25, 0.3) is 5.01 Å². The van der Waals surface area contributed by atoms with E-state index in [1.807, 2.05) is 17.4 Å². The molecule has 1 aliphatic heterocycles. The number of benzene rings is 2. The molecule has 2 aliphatic rings. The van der Waals surface area contributed by atoms with Gasteiger partial charge in [0.2, 0.25) is 5.52 Å². The predicted molar refractivity (Wildman–Crippen MR) is 112 cm³/mol. The molecule has 0 bridgehead atoms. The molecule has 0 radical (unpaired) electrons. The quantitative estimate of drug-likeness (QED) is 0.502. The minimum absolute atomic E-state index is 0.964. The molecule has 0 spiro atoms. The number of rotatable bonds is 2. The van der Waals surface area contributed by atoms with Gasteiger partial charge in [-0.05, 0) is 42.6 Å². The minimum Gasteiger partial charge on any atom is -0.461 e. The maximum atomic E-state index is 6.33. The summed E-state index contributed by atoms with van der Waals surface area (Å²) >= 11 is 1.85. The molecule has 2 nitrogen and oxygen atoms in total. The second kappa shape index (κ2) is 6.82. The highest BCUT2D eigenvalue weighted by molar-refractivity contribution is 7.18.